The van der Waals surface area contributed by atoms with Crippen LogP contribution in [0.5, 0.6) is 0 Å². The summed E-state index contributed by atoms with van der Waals surface area (Å²) in [6.07, 6.45) is 6.31. The number of hydrazine groups is 1. The Morgan fingerprint density at radius 3 is 2.75 bits per heavy atom. The van der Waals surface area contributed by atoms with Crippen molar-refractivity contribution in [3.63, 3.8) is 0 Å². The Morgan fingerprint density at radius 2 is 2.03 bits per heavy atom. The number of nitrogens with one attached hydrogen (secondary N) is 2. The molecule has 8 nitrogen and oxygen atoms in total. The van der Waals surface area contributed by atoms with Crippen LogP contribution >= 0.6 is 11.6 Å². The minimum absolute atomic E-state index is 0.0284. The quantitative estimate of drug-likeness (QED) is 0.400. The van der Waals surface area contributed by atoms with E-state index in [4.69, 9.17) is 16.3 Å². The highest BCUT2D eigenvalue weighted by Gasteiger charge is 2.28. The number of ether oxygens (including phenoxy) is 1. The molecule has 2 N–H and O–H groups in total. The first kappa shape index (κ1) is 26.3. The van der Waals surface area contributed by atoms with Crippen molar-refractivity contribution in [3.05, 3.63) is 77.0 Å². The van der Waals surface area contributed by atoms with Crippen LogP contribution < -0.4 is 10.3 Å². The summed E-state index contributed by atoms with van der Waals surface area (Å²) in [5.41, 5.74) is 3.71. The van der Waals surface area contributed by atoms with Crippen molar-refractivity contribution in [2.45, 2.75) is 38.4 Å². The molecule has 11 heteroatoms. The second kappa shape index (κ2) is 11.5. The van der Waals surface area contributed by atoms with E-state index in [-0.39, 0.29) is 22.8 Å². The molecule has 1 aliphatic rings. The van der Waals surface area contributed by atoms with Gasteiger partial charge in [0.25, 0.3) is 5.91 Å². The number of aryl methyl sites for hydroxylation is 1. The normalized spacial score (nSPS) is 18.2. The van der Waals surface area contributed by atoms with Crippen molar-refractivity contribution in [3.8, 4) is 11.3 Å². The zero-order chi connectivity index (χ0) is 25.7. The van der Waals surface area contributed by atoms with Gasteiger partial charge in [-0.2, -0.15) is 0 Å². The Labute approximate surface area is 214 Å². The van der Waals surface area contributed by atoms with Gasteiger partial charge in [-0.15, -0.1) is 4.83 Å². The van der Waals surface area contributed by atoms with E-state index in [1.54, 1.807) is 24.1 Å². The smallest absolute Gasteiger partial charge is 0.269 e. The van der Waals surface area contributed by atoms with Crippen molar-refractivity contribution in [2.24, 2.45) is 13.0 Å². The van der Waals surface area contributed by atoms with E-state index < -0.39 is 27.3 Å². The van der Waals surface area contributed by atoms with E-state index >= 15 is 0 Å². The lowest BCUT2D eigenvalue weighted by Crippen LogP contribution is -2.44. The third kappa shape index (κ3) is 6.91. The van der Waals surface area contributed by atoms with Crippen molar-refractivity contribution < 1.29 is 22.3 Å². The van der Waals surface area contributed by atoms with Crippen LogP contribution in [0.4, 0.5) is 4.39 Å². The molecular weight excluding hydrogens is 507 g/mol. The Hall–Kier alpha value is -2.79. The molecule has 1 heterocycles. The molecule has 0 radical (unpaired) electrons. The van der Waals surface area contributed by atoms with Crippen LogP contribution in [0.3, 0.4) is 0 Å². The van der Waals surface area contributed by atoms with Gasteiger partial charge in [-0.1, -0.05) is 48.4 Å². The maximum absolute atomic E-state index is 14.6. The van der Waals surface area contributed by atoms with Crippen molar-refractivity contribution in [2.75, 3.05) is 5.75 Å². The van der Waals surface area contributed by atoms with Gasteiger partial charge in [0.1, 0.15) is 0 Å². The summed E-state index contributed by atoms with van der Waals surface area (Å²) in [5.74, 6) is -2.19. The van der Waals surface area contributed by atoms with Gasteiger partial charge in [0.15, 0.2) is 5.82 Å². The predicted octanol–water partition coefficient (Wildman–Crippen LogP) is 4.22. The molecule has 0 saturated heterocycles. The third-order valence-electron chi connectivity index (χ3n) is 6.11. The lowest BCUT2D eigenvalue weighted by molar-refractivity contribution is 0.00504. The van der Waals surface area contributed by atoms with Gasteiger partial charge < -0.3 is 9.30 Å². The number of hydrogen-bond acceptors (Lipinski definition) is 5. The number of nitrogens with zero attached hydrogens (tertiary/aromatic N) is 2. The maximum Gasteiger partial charge on any atom is 0.269 e. The second-order valence-corrected chi connectivity index (χ2v) is 11.2. The Bertz CT molecular complexity index is 1320. The SMILES string of the molecule is Cn1cnc(-c2cc(Cl)c(F)c(C(=O)NNS(=O)(=O)C[C@H]3CCC[C@@H](OCc4ccccc4)C3)c2)c1. The summed E-state index contributed by atoms with van der Waals surface area (Å²) >= 11 is 5.98. The Kier molecular flexibility index (Phi) is 8.40. The van der Waals surface area contributed by atoms with Crippen molar-refractivity contribution in [1.82, 2.24) is 19.8 Å². The van der Waals surface area contributed by atoms with Gasteiger partial charge >= 0.3 is 0 Å². The van der Waals surface area contributed by atoms with Crippen molar-refractivity contribution >= 4 is 27.5 Å². The first-order chi connectivity index (χ1) is 17.2. The number of imidazole rings is 1. The van der Waals surface area contributed by atoms with Crippen LogP contribution in [0.1, 0.15) is 41.6 Å². The fraction of sp³-hybridized carbons (Fsp3) is 0.360. The molecule has 0 aliphatic heterocycles. The topological polar surface area (TPSA) is 102 Å². The predicted molar refractivity (Wildman–Crippen MR) is 135 cm³/mol. The monoisotopic (exact) mass is 534 g/mol. The maximum atomic E-state index is 14.6. The highest BCUT2D eigenvalue weighted by atomic mass is 35.5. The number of sulfonamides is 1. The Balaban J connectivity index is 1.34. The first-order valence-corrected chi connectivity index (χ1v) is 13.7. The van der Waals surface area contributed by atoms with Gasteiger partial charge in [0.2, 0.25) is 10.0 Å². The van der Waals surface area contributed by atoms with Crippen molar-refractivity contribution in [1.29, 1.82) is 0 Å². The lowest BCUT2D eigenvalue weighted by atomic mass is 9.88. The second-order valence-electron chi connectivity index (χ2n) is 9.03. The molecule has 192 valence electrons. The minimum Gasteiger partial charge on any atom is -0.374 e. The van der Waals surface area contributed by atoms with E-state index in [9.17, 15) is 17.6 Å². The van der Waals surface area contributed by atoms with Crippen LogP contribution in [0.15, 0.2) is 55.0 Å². The van der Waals surface area contributed by atoms with E-state index in [1.807, 2.05) is 30.3 Å². The summed E-state index contributed by atoms with van der Waals surface area (Å²) in [7, 11) is -2.09. The molecule has 0 bridgehead atoms. The minimum atomic E-state index is -3.87. The number of aromatic nitrogens is 2. The number of carbonyl (C=O) groups is 1. The van der Waals surface area contributed by atoms with Gasteiger partial charge in [-0.25, -0.2) is 17.8 Å². The van der Waals surface area contributed by atoms with Crippen LogP contribution in [0, 0.1) is 11.7 Å². The molecule has 2 atom stereocenters. The molecule has 4 rings (SSSR count). The number of benzene rings is 2. The fourth-order valence-corrected chi connectivity index (χ4v) is 5.81. The number of carbonyl (C=O) groups excluding carboxylic acids is 1. The third-order valence-corrected chi connectivity index (χ3v) is 7.71. The largest absolute Gasteiger partial charge is 0.374 e. The molecule has 1 saturated carbocycles. The summed E-state index contributed by atoms with van der Waals surface area (Å²) in [5, 5.41) is -0.269. The summed E-state index contributed by atoms with van der Waals surface area (Å²) in [6.45, 7) is 0.477. The molecule has 0 unspecified atom stereocenters. The molecule has 3 aromatic rings. The number of rotatable bonds is 9. The standard InChI is InChI=1S/C25H28ClFN4O4S/c1-31-13-23(28-16-31)19-11-21(24(27)22(26)12-19)25(32)29-30-36(33,34)15-18-8-5-9-20(10-18)35-14-17-6-3-2-4-7-17/h2-4,6-7,11-13,16,18,20,30H,5,8-10,14-15H2,1H3,(H,29,32)/t18-,20+/m0/s1. The van der Waals surface area contributed by atoms with E-state index in [0.29, 0.717) is 24.3 Å². The fourth-order valence-electron chi connectivity index (χ4n) is 4.34. The first-order valence-electron chi connectivity index (χ1n) is 11.6. The summed E-state index contributed by atoms with van der Waals surface area (Å²) in [4.78, 5) is 18.9. The molecule has 1 fully saturated rings. The molecule has 1 amide bonds. The lowest BCUT2D eigenvalue weighted by Gasteiger charge is -2.29. The summed E-state index contributed by atoms with van der Waals surface area (Å²) < 4.78 is 47.6. The molecule has 1 aromatic heterocycles. The zero-order valence-electron chi connectivity index (χ0n) is 19.8. The van der Waals surface area contributed by atoms with Crippen LogP contribution in [0.2, 0.25) is 5.02 Å². The average Bonchev–Trinajstić information content (AvgIpc) is 3.30. The molecular formula is C25H28ClFN4O4S. The van der Waals surface area contributed by atoms with Crippen LogP contribution in [0.25, 0.3) is 11.3 Å². The van der Waals surface area contributed by atoms with E-state index in [0.717, 1.165) is 24.8 Å². The van der Waals surface area contributed by atoms with Gasteiger partial charge in [-0.3, -0.25) is 10.2 Å². The number of hydrogen-bond donors (Lipinski definition) is 2. The van der Waals surface area contributed by atoms with Crippen LogP contribution in [-0.4, -0.2) is 35.7 Å². The van der Waals surface area contributed by atoms with Gasteiger partial charge in [0, 0.05) is 18.8 Å². The highest BCUT2D eigenvalue weighted by molar-refractivity contribution is 7.89. The van der Waals surface area contributed by atoms with E-state index in [2.05, 4.69) is 15.2 Å². The average molecular weight is 535 g/mol. The van der Waals surface area contributed by atoms with Crippen LogP contribution in [-0.2, 0) is 28.4 Å². The highest BCUT2D eigenvalue weighted by Crippen LogP contribution is 2.29. The number of halogens is 2. The molecule has 36 heavy (non-hydrogen) atoms. The summed E-state index contributed by atoms with van der Waals surface area (Å²) in [6, 6.07) is 12.4. The van der Waals surface area contributed by atoms with E-state index in [1.165, 1.54) is 12.1 Å². The number of amides is 1. The molecule has 2 aromatic carbocycles. The van der Waals surface area contributed by atoms with Gasteiger partial charge in [0.05, 0.1) is 41.1 Å². The Morgan fingerprint density at radius 1 is 1.25 bits per heavy atom. The van der Waals surface area contributed by atoms with Gasteiger partial charge in [-0.05, 0) is 42.9 Å². The zero-order valence-corrected chi connectivity index (χ0v) is 21.4. The molecule has 0 spiro atoms. The molecule has 1 aliphatic carbocycles.